The van der Waals surface area contributed by atoms with E-state index in [1.165, 1.54) is 51.0 Å². The van der Waals surface area contributed by atoms with E-state index in [0.29, 0.717) is 100 Å². The summed E-state index contributed by atoms with van der Waals surface area (Å²) in [7, 11) is -3.49. The molecule has 33 nitrogen and oxygen atoms in total. The molecular weight excluding hydrogens is 1470 g/mol. The molecule has 0 saturated heterocycles. The maximum Gasteiger partial charge on any atom is 0.333 e. The Labute approximate surface area is 613 Å². The van der Waals surface area contributed by atoms with Crippen LogP contribution in [0.2, 0.25) is 5.15 Å². The number of nitrogens with two attached hydrogens (primary N) is 3. The van der Waals surface area contributed by atoms with E-state index in [-0.39, 0.29) is 107 Å². The number of anilines is 2. The van der Waals surface area contributed by atoms with Crippen LogP contribution >= 0.6 is 22.3 Å². The zero-order chi connectivity index (χ0) is 74.8. The number of benzene rings is 3. The fourth-order valence-corrected chi connectivity index (χ4v) is 10.7. The number of fused-ring (bicyclic) bond motifs is 3. The van der Waals surface area contributed by atoms with Gasteiger partial charge in [0, 0.05) is 116 Å². The van der Waals surface area contributed by atoms with Crippen molar-refractivity contribution in [3.05, 3.63) is 131 Å². The lowest BCUT2D eigenvalue weighted by Gasteiger charge is -2.12. The second-order valence-corrected chi connectivity index (χ2v) is 25.2. The minimum absolute atomic E-state index is 0. The van der Waals surface area contributed by atoms with Crippen LogP contribution in [0, 0.1) is 82.1 Å². The van der Waals surface area contributed by atoms with Crippen molar-refractivity contribution in [2.45, 2.75) is 123 Å². The number of aliphatic hydroxyl groups excluding tert-OH is 5. The third kappa shape index (κ3) is 28.4. The van der Waals surface area contributed by atoms with Crippen LogP contribution in [0.1, 0.15) is 103 Å². The minimum atomic E-state index is -4.08. The number of hydrogen-bond acceptors (Lipinski definition) is 30. The summed E-state index contributed by atoms with van der Waals surface area (Å²) in [5.41, 5.74) is 9.70. The van der Waals surface area contributed by atoms with Crippen molar-refractivity contribution >= 4 is 109 Å². The highest BCUT2D eigenvalue weighted by Crippen LogP contribution is 2.39. The fourth-order valence-electron chi connectivity index (χ4n) is 10.2. The van der Waals surface area contributed by atoms with Gasteiger partial charge in [-0.25, -0.2) is 67.4 Å². The lowest BCUT2D eigenvalue weighted by atomic mass is 10.1. The Morgan fingerprint density at radius 1 is 0.621 bits per heavy atom. The largest absolute Gasteiger partial charge is 0.396 e. The SMILES string of the molecule is C.C#CC#CC.CC#N.CC#N.N.NCc1ccccc1F.NS(=O)(=O)Cl.NS(=O)(=O)OCC1CC(n2nnc3c(NCc4ccccc4F)ncnc32)CC1O.OCC1CC(n2nnc3c(Cl)ncnc32)CC1O.OCC1CC(n2nnc3c(NCc4ccccc4F)ncnc32)CC1O.S=S.[HH]. The average molecular weight is 1550 g/mol. The van der Waals surface area contributed by atoms with E-state index < -0.39 is 43.8 Å². The van der Waals surface area contributed by atoms with Gasteiger partial charge in [-0.15, -0.1) is 21.7 Å². The molecule has 6 heterocycles. The smallest absolute Gasteiger partial charge is 0.333 e. The highest BCUT2D eigenvalue weighted by Gasteiger charge is 2.38. The predicted octanol–water partition coefficient (Wildman–Crippen LogP) is 5.42. The summed E-state index contributed by atoms with van der Waals surface area (Å²) >= 11 is 13.2. The number of halogens is 5. The molecule has 6 aromatic heterocycles. The molecule has 12 rings (SSSR count). The average Bonchev–Trinajstić information content (AvgIpc) is 1.65. The van der Waals surface area contributed by atoms with Gasteiger partial charge in [-0.2, -0.15) is 27.4 Å². The van der Waals surface area contributed by atoms with Gasteiger partial charge in [-0.3, -0.25) is 4.18 Å². The Bertz CT molecular complexity index is 4520. The number of aliphatic hydroxyl groups is 5. The van der Waals surface area contributed by atoms with Crippen LogP contribution in [-0.2, 0) is 65.7 Å². The zero-order valence-electron chi connectivity index (χ0n) is 54.8. The first-order valence-electron chi connectivity index (χ1n) is 29.8. The quantitative estimate of drug-likeness (QED) is 0.0347. The Kier molecular flexibility index (Phi) is 40.2. The lowest BCUT2D eigenvalue weighted by molar-refractivity contribution is 0.0901. The van der Waals surface area contributed by atoms with Crippen molar-refractivity contribution < 1.29 is 61.1 Å². The summed E-state index contributed by atoms with van der Waals surface area (Å²) < 4.78 is 90.0. The first-order valence-corrected chi connectivity index (χ1v) is 35.4. The Morgan fingerprint density at radius 2 is 0.951 bits per heavy atom. The maximum atomic E-state index is 13.8. The molecule has 0 aliphatic heterocycles. The predicted molar refractivity (Wildman–Crippen MR) is 385 cm³/mol. The van der Waals surface area contributed by atoms with Gasteiger partial charge < -0.3 is 48.1 Å². The molecule has 0 spiro atoms. The van der Waals surface area contributed by atoms with E-state index >= 15 is 0 Å². The number of aromatic nitrogens is 15. The van der Waals surface area contributed by atoms with Gasteiger partial charge in [-0.1, -0.05) is 95.2 Å². The molecule has 558 valence electrons. The number of terminal acetylenes is 1. The number of nitriles is 2. The van der Waals surface area contributed by atoms with Gasteiger partial charge in [0.25, 0.3) is 9.24 Å². The van der Waals surface area contributed by atoms with E-state index in [2.05, 4.69) is 132 Å². The molecular formula is C61H80Cl2F3N23O10S4. The molecule has 9 aromatic rings. The number of nitrogens with zero attached hydrogens (tertiary/aromatic N) is 17. The van der Waals surface area contributed by atoms with Crippen molar-refractivity contribution in [1.29, 1.82) is 10.5 Å². The molecule has 3 saturated carbocycles. The normalized spacial score (nSPS) is 18.8. The van der Waals surface area contributed by atoms with Gasteiger partial charge in [-0.05, 0) is 75.5 Å². The summed E-state index contributed by atoms with van der Waals surface area (Å²) in [5.74, 6) is 6.41. The van der Waals surface area contributed by atoms with Crippen molar-refractivity contribution in [2.24, 2.45) is 33.8 Å². The summed E-state index contributed by atoms with van der Waals surface area (Å²) in [5, 5.41) is 103. The monoisotopic (exact) mass is 1550 g/mol. The first-order chi connectivity index (χ1) is 48.3. The standard InChI is InChI=1S/C17H20FN7O4S.C17H19FN6O2.C10H12ClN5O2.C7H8FN.C5H4.2C2H3N.CH4.ClH2NO2S.H3N.S2.H2/c18-13-4-2-1-3-10(13)7-20-16-15-17(22-9-21-16)25(24-23-15)12-5-11(14(26)6-12)8-29-30(19,27)28;18-13-4-2-1-3-10(13)7-19-16-15-17(21-9-20-16)24(23-22-15)12-5-11(8-25)14(26)6-12;11-9-8-10(13-4-12-9)16(15-14-8)6-1-5(3-17)7(18)2-6;8-7-4-2-1-3-6(7)5-9;1-3-5-4-2;2*1-2-3;;1-5(2,3)4;;1-2;/h1-4,9,11-12,14,26H,5-8H2,(H2,19,27,28)(H,20,21,22);1-4,9,11-12,14,25-26H,5-8H2,(H,19,20,21);4-7,17-18H,1-3H2;1-4H,5,9H2;1H,2H3;2*1H3;1H4;(H2,2,3,4);1H3;;1H. The molecule has 3 aliphatic rings. The minimum Gasteiger partial charge on any atom is -0.396 e. The van der Waals surface area contributed by atoms with Crippen molar-refractivity contribution in [3.63, 3.8) is 0 Å². The summed E-state index contributed by atoms with van der Waals surface area (Å²) in [6.45, 7) is 5.01. The van der Waals surface area contributed by atoms with Crippen LogP contribution in [-0.4, -0.2) is 155 Å². The number of nitrogens with one attached hydrogen (secondary N) is 2. The van der Waals surface area contributed by atoms with Gasteiger partial charge >= 0.3 is 10.3 Å². The van der Waals surface area contributed by atoms with Crippen molar-refractivity contribution in [1.82, 2.24) is 81.0 Å². The third-order valence-electron chi connectivity index (χ3n) is 14.8. The van der Waals surface area contributed by atoms with Crippen LogP contribution in [0.25, 0.3) is 33.5 Å². The Hall–Kier alpha value is -8.89. The second kappa shape index (κ2) is 46.0. The van der Waals surface area contributed by atoms with Crippen LogP contribution < -0.4 is 32.8 Å². The van der Waals surface area contributed by atoms with Gasteiger partial charge in [0.1, 0.15) is 36.4 Å². The maximum absolute atomic E-state index is 13.8. The van der Waals surface area contributed by atoms with Crippen LogP contribution in [0.3, 0.4) is 0 Å². The van der Waals surface area contributed by atoms with Crippen molar-refractivity contribution in [3.8, 4) is 36.3 Å². The summed E-state index contributed by atoms with van der Waals surface area (Å²) in [6.07, 6.45) is 9.99. The molecule has 3 fully saturated rings. The summed E-state index contributed by atoms with van der Waals surface area (Å²) in [4.78, 5) is 24.8. The van der Waals surface area contributed by atoms with E-state index in [1.807, 2.05) is 0 Å². The van der Waals surface area contributed by atoms with Crippen molar-refractivity contribution in [2.75, 3.05) is 30.5 Å². The number of rotatable bonds is 15. The zero-order valence-corrected chi connectivity index (χ0v) is 59.5. The van der Waals surface area contributed by atoms with E-state index in [0.717, 1.165) is 0 Å². The van der Waals surface area contributed by atoms with Crippen LogP contribution in [0.4, 0.5) is 24.8 Å². The lowest BCUT2D eigenvalue weighted by Crippen LogP contribution is -2.24. The topological polar surface area (TPSA) is 533 Å². The molecule has 9 unspecified atom stereocenters. The Balaban J connectivity index is 0.000000663. The van der Waals surface area contributed by atoms with E-state index in [9.17, 15) is 50.4 Å². The van der Waals surface area contributed by atoms with Gasteiger partial charge in [0.05, 0.1) is 55.2 Å². The third-order valence-corrected chi connectivity index (χ3v) is 15.5. The molecule has 103 heavy (non-hydrogen) atoms. The molecule has 9 atom stereocenters. The van der Waals surface area contributed by atoms with Crippen LogP contribution in [0.15, 0.2) is 91.8 Å². The highest BCUT2D eigenvalue weighted by atomic mass is 35.7. The molecule has 3 aliphatic carbocycles. The second-order valence-electron chi connectivity index (χ2n) is 21.4. The molecule has 0 radical (unpaired) electrons. The molecule has 3 aromatic carbocycles. The molecule has 42 heteroatoms. The first kappa shape index (κ1) is 90.2. The molecule has 16 N–H and O–H groups in total. The number of hydrogen-bond donors (Lipinski definition) is 11. The summed E-state index contributed by atoms with van der Waals surface area (Å²) in [6, 6.07) is 22.6. The van der Waals surface area contributed by atoms with Gasteiger partial charge in [0.2, 0.25) is 0 Å². The highest BCUT2D eigenvalue weighted by molar-refractivity contribution is 8.11. The fraction of sp³-hybridized carbons (Fsp3) is 0.410. The molecule has 0 amide bonds. The van der Waals surface area contributed by atoms with Gasteiger partial charge in [0.15, 0.2) is 50.3 Å². The van der Waals surface area contributed by atoms with Crippen LogP contribution in [0.5, 0.6) is 0 Å². The molecule has 0 bridgehead atoms. The van der Waals surface area contributed by atoms with E-state index in [1.54, 1.807) is 87.7 Å². The Morgan fingerprint density at radius 3 is 1.26 bits per heavy atom. The van der Waals surface area contributed by atoms with E-state index in [4.69, 9.17) is 44.5 Å².